The van der Waals surface area contributed by atoms with Crippen molar-refractivity contribution in [2.75, 3.05) is 18.4 Å². The Morgan fingerprint density at radius 2 is 1.81 bits per heavy atom. The van der Waals surface area contributed by atoms with Crippen molar-refractivity contribution in [3.8, 4) is 0 Å². The van der Waals surface area contributed by atoms with Crippen molar-refractivity contribution < 1.29 is 4.79 Å². The summed E-state index contributed by atoms with van der Waals surface area (Å²) in [4.78, 5) is 15.3. The van der Waals surface area contributed by atoms with E-state index < -0.39 is 0 Å². The predicted octanol–water partition coefficient (Wildman–Crippen LogP) is 5.62. The van der Waals surface area contributed by atoms with Crippen molar-refractivity contribution in [1.82, 2.24) is 4.90 Å². The first-order valence-corrected chi connectivity index (χ1v) is 10.2. The third-order valence-electron chi connectivity index (χ3n) is 5.45. The Balaban J connectivity index is 1.57. The maximum atomic E-state index is 12.9. The molecule has 2 aromatic carbocycles. The van der Waals surface area contributed by atoms with E-state index in [0.717, 1.165) is 48.7 Å². The van der Waals surface area contributed by atoms with Crippen LogP contribution in [0.15, 0.2) is 42.5 Å². The zero-order valence-electron chi connectivity index (χ0n) is 16.5. The molecule has 1 aliphatic rings. The van der Waals surface area contributed by atoms with Gasteiger partial charge in [-0.1, -0.05) is 55.8 Å². The highest BCUT2D eigenvalue weighted by molar-refractivity contribution is 6.30. The van der Waals surface area contributed by atoms with E-state index in [0.29, 0.717) is 5.92 Å². The fraction of sp³-hybridized carbons (Fsp3) is 0.435. The van der Waals surface area contributed by atoms with E-state index in [9.17, 15) is 4.79 Å². The van der Waals surface area contributed by atoms with Gasteiger partial charge in [0.05, 0.1) is 0 Å². The second-order valence-electron chi connectivity index (χ2n) is 7.86. The van der Waals surface area contributed by atoms with Crippen LogP contribution >= 0.6 is 11.6 Å². The van der Waals surface area contributed by atoms with E-state index in [4.69, 9.17) is 11.6 Å². The number of para-hydroxylation sites is 1. The Bertz CT molecular complexity index is 777. The van der Waals surface area contributed by atoms with Crippen molar-refractivity contribution in [2.24, 2.45) is 5.92 Å². The van der Waals surface area contributed by atoms with Gasteiger partial charge >= 0.3 is 0 Å². The molecule has 1 saturated heterocycles. The lowest BCUT2D eigenvalue weighted by molar-refractivity contribution is -0.121. The Hall–Kier alpha value is -1.84. The molecule has 4 heteroatoms. The number of halogens is 1. The van der Waals surface area contributed by atoms with Crippen molar-refractivity contribution in [1.29, 1.82) is 0 Å². The van der Waals surface area contributed by atoms with Crippen molar-refractivity contribution in [3.05, 3.63) is 64.2 Å². The van der Waals surface area contributed by atoms with Crippen molar-refractivity contribution >= 4 is 23.2 Å². The Labute approximate surface area is 167 Å². The third kappa shape index (κ3) is 5.12. The average Bonchev–Trinajstić information content (AvgIpc) is 2.65. The smallest absolute Gasteiger partial charge is 0.227 e. The number of carbonyl (C=O) groups is 1. The Morgan fingerprint density at radius 1 is 1.15 bits per heavy atom. The number of nitrogens with one attached hydrogen (secondary N) is 1. The van der Waals surface area contributed by atoms with Crippen LogP contribution in [-0.4, -0.2) is 23.9 Å². The second-order valence-corrected chi connectivity index (χ2v) is 8.30. The lowest BCUT2D eigenvalue weighted by atomic mass is 9.94. The molecule has 1 heterocycles. The van der Waals surface area contributed by atoms with E-state index in [2.05, 4.69) is 61.3 Å². The van der Waals surface area contributed by atoms with Crippen LogP contribution in [-0.2, 0) is 11.3 Å². The zero-order valence-corrected chi connectivity index (χ0v) is 17.2. The number of anilines is 1. The number of carbonyl (C=O) groups excluding carboxylic acids is 1. The van der Waals surface area contributed by atoms with Gasteiger partial charge in [0.2, 0.25) is 5.91 Å². The first-order valence-electron chi connectivity index (χ1n) is 9.81. The number of benzene rings is 2. The van der Waals surface area contributed by atoms with E-state index >= 15 is 0 Å². The fourth-order valence-corrected chi connectivity index (χ4v) is 3.89. The summed E-state index contributed by atoms with van der Waals surface area (Å²) in [6.07, 6.45) is 1.81. The molecule has 27 heavy (non-hydrogen) atoms. The summed E-state index contributed by atoms with van der Waals surface area (Å²) in [5.41, 5.74) is 4.61. The summed E-state index contributed by atoms with van der Waals surface area (Å²) in [6.45, 7) is 9.22. The number of amides is 1. The standard InChI is InChI=1S/C23H29ClN2O/c1-16(2)21-6-4-5-17(3)22(21)25-23(27)19-11-13-26(14-12-19)15-18-7-9-20(24)10-8-18/h4-10,16,19H,11-15H2,1-3H3,(H,25,27). The van der Waals surface area contributed by atoms with Crippen LogP contribution in [0.3, 0.4) is 0 Å². The topological polar surface area (TPSA) is 32.3 Å². The first-order chi connectivity index (χ1) is 12.9. The van der Waals surface area contributed by atoms with Crippen molar-refractivity contribution in [2.45, 2.75) is 46.1 Å². The summed E-state index contributed by atoms with van der Waals surface area (Å²) in [7, 11) is 0. The first kappa shape index (κ1) is 19.9. The minimum Gasteiger partial charge on any atom is -0.325 e. The molecule has 144 valence electrons. The summed E-state index contributed by atoms with van der Waals surface area (Å²) in [5.74, 6) is 0.643. The molecule has 0 aliphatic carbocycles. The quantitative estimate of drug-likeness (QED) is 0.725. The minimum absolute atomic E-state index is 0.0890. The molecule has 3 rings (SSSR count). The second kappa shape index (κ2) is 8.90. The van der Waals surface area contributed by atoms with Crippen LogP contribution in [0.25, 0.3) is 0 Å². The van der Waals surface area contributed by atoms with Crippen LogP contribution in [0, 0.1) is 12.8 Å². The maximum Gasteiger partial charge on any atom is 0.227 e. The van der Waals surface area contributed by atoms with Crippen LogP contribution in [0.4, 0.5) is 5.69 Å². The molecule has 0 spiro atoms. The molecular formula is C23H29ClN2O. The molecule has 1 aliphatic heterocycles. The molecule has 3 nitrogen and oxygen atoms in total. The normalized spacial score (nSPS) is 15.9. The molecule has 0 radical (unpaired) electrons. The zero-order chi connectivity index (χ0) is 19.4. The van der Waals surface area contributed by atoms with Gasteiger partial charge in [-0.3, -0.25) is 9.69 Å². The van der Waals surface area contributed by atoms with Gasteiger partial charge in [0.15, 0.2) is 0 Å². The van der Waals surface area contributed by atoms with E-state index in [-0.39, 0.29) is 11.8 Å². The number of aryl methyl sites for hydroxylation is 1. The monoisotopic (exact) mass is 384 g/mol. The molecule has 0 atom stereocenters. The van der Waals surface area contributed by atoms with Crippen molar-refractivity contribution in [3.63, 3.8) is 0 Å². The van der Waals surface area contributed by atoms with Gasteiger partial charge in [-0.2, -0.15) is 0 Å². The Morgan fingerprint density at radius 3 is 2.44 bits per heavy atom. The highest BCUT2D eigenvalue weighted by Gasteiger charge is 2.26. The molecule has 0 bridgehead atoms. The number of likely N-dealkylation sites (tertiary alicyclic amines) is 1. The van der Waals surface area contributed by atoms with E-state index in [1.54, 1.807) is 0 Å². The lowest BCUT2D eigenvalue weighted by Crippen LogP contribution is -2.38. The molecular weight excluding hydrogens is 356 g/mol. The average molecular weight is 385 g/mol. The molecule has 0 unspecified atom stereocenters. The van der Waals surface area contributed by atoms with E-state index in [1.807, 2.05) is 12.1 Å². The van der Waals surface area contributed by atoms with Gasteiger partial charge < -0.3 is 5.32 Å². The molecule has 1 amide bonds. The SMILES string of the molecule is Cc1cccc(C(C)C)c1NC(=O)C1CCN(Cc2ccc(Cl)cc2)CC1. The van der Waals surface area contributed by atoms with Crippen LogP contribution in [0.5, 0.6) is 0 Å². The number of hydrogen-bond acceptors (Lipinski definition) is 2. The number of rotatable bonds is 5. The van der Waals surface area contributed by atoms with Crippen LogP contribution in [0.1, 0.15) is 49.3 Å². The fourth-order valence-electron chi connectivity index (χ4n) is 3.77. The molecule has 0 aromatic heterocycles. The van der Waals surface area contributed by atoms with Crippen LogP contribution in [0.2, 0.25) is 5.02 Å². The highest BCUT2D eigenvalue weighted by Crippen LogP contribution is 2.29. The van der Waals surface area contributed by atoms with E-state index in [1.165, 1.54) is 11.1 Å². The molecule has 1 N–H and O–H groups in total. The number of hydrogen-bond donors (Lipinski definition) is 1. The van der Waals surface area contributed by atoms with Gasteiger partial charge in [0, 0.05) is 23.2 Å². The molecule has 0 saturated carbocycles. The van der Waals surface area contributed by atoms with Gasteiger partial charge in [0.1, 0.15) is 0 Å². The largest absolute Gasteiger partial charge is 0.325 e. The van der Waals surface area contributed by atoms with Gasteiger partial charge in [-0.25, -0.2) is 0 Å². The Kier molecular flexibility index (Phi) is 6.56. The molecule has 1 fully saturated rings. The lowest BCUT2D eigenvalue weighted by Gasteiger charge is -2.31. The third-order valence-corrected chi connectivity index (χ3v) is 5.71. The van der Waals surface area contributed by atoms with Gasteiger partial charge in [0.25, 0.3) is 0 Å². The summed E-state index contributed by atoms with van der Waals surface area (Å²) < 4.78 is 0. The van der Waals surface area contributed by atoms with Crippen LogP contribution < -0.4 is 5.32 Å². The van der Waals surface area contributed by atoms with Gasteiger partial charge in [-0.05, 0) is 67.6 Å². The summed E-state index contributed by atoms with van der Waals surface area (Å²) in [6, 6.07) is 14.3. The predicted molar refractivity (Wildman–Crippen MR) is 113 cm³/mol. The maximum absolute atomic E-state index is 12.9. The summed E-state index contributed by atoms with van der Waals surface area (Å²) >= 11 is 5.96. The number of piperidine rings is 1. The minimum atomic E-state index is 0.0890. The highest BCUT2D eigenvalue weighted by atomic mass is 35.5. The number of nitrogens with zero attached hydrogens (tertiary/aromatic N) is 1. The summed E-state index contributed by atoms with van der Waals surface area (Å²) in [5, 5.41) is 4.00. The molecule has 2 aromatic rings. The van der Waals surface area contributed by atoms with Gasteiger partial charge in [-0.15, -0.1) is 0 Å².